The molecule has 0 radical (unpaired) electrons. The topological polar surface area (TPSA) is 132 Å². The summed E-state index contributed by atoms with van der Waals surface area (Å²) in [6, 6.07) is 1.96. The van der Waals surface area contributed by atoms with Crippen LogP contribution in [0.2, 0.25) is 0 Å². The van der Waals surface area contributed by atoms with E-state index in [0.717, 1.165) is 43.7 Å². The van der Waals surface area contributed by atoms with Crippen molar-refractivity contribution in [2.24, 2.45) is 29.6 Å². The molecule has 0 amide bonds. The summed E-state index contributed by atoms with van der Waals surface area (Å²) in [6.45, 7) is 13.2. The largest absolute Gasteiger partial charge is 0.511 e. The zero-order valence-corrected chi connectivity index (χ0v) is 24.7. The summed E-state index contributed by atoms with van der Waals surface area (Å²) in [6.07, 6.45) is 5.77. The summed E-state index contributed by atoms with van der Waals surface area (Å²) in [5.41, 5.74) is -0.0796. The number of benzene rings is 1. The van der Waals surface area contributed by atoms with E-state index in [4.69, 9.17) is 0 Å². The Balaban J connectivity index is 1.70. The van der Waals surface area contributed by atoms with Gasteiger partial charge in [-0.1, -0.05) is 53.5 Å². The van der Waals surface area contributed by atoms with Crippen LogP contribution in [0, 0.1) is 29.6 Å². The summed E-state index contributed by atoms with van der Waals surface area (Å²) < 4.78 is 0. The maximum Gasteiger partial charge on any atom is 0.209 e. The molecular formula is C34H42O7. The molecule has 0 aromatic heterocycles. The van der Waals surface area contributed by atoms with Gasteiger partial charge in [0.2, 0.25) is 5.78 Å². The standard InChI is InChI=1S/C34H42O7/c1-15(2)21-14-22(17(5)19-10-8-7-9-11-19)29(36)28-23(21)12-20-13-24-25(16(3)4)30(37)26(18(6)35)32(39)34(24,41)33(40)27(20)31(28)38/h14-16,19-20,24-25,36-37,40-41H,5,7-13H2,1-4,6H3/t20?,24?,25?,34-/m0/s1. The molecule has 5 rings (SSSR count). The maximum absolute atomic E-state index is 14.3. The molecule has 4 aliphatic carbocycles. The Bertz CT molecular complexity index is 1420. The average molecular weight is 563 g/mol. The van der Waals surface area contributed by atoms with Crippen LogP contribution < -0.4 is 0 Å². The van der Waals surface area contributed by atoms with Crippen LogP contribution in [0.15, 0.2) is 35.3 Å². The predicted molar refractivity (Wildman–Crippen MR) is 156 cm³/mol. The number of aliphatic hydroxyl groups excluding tert-OH is 2. The molecule has 41 heavy (non-hydrogen) atoms. The molecule has 0 spiro atoms. The van der Waals surface area contributed by atoms with E-state index < -0.39 is 52.0 Å². The fourth-order valence-corrected chi connectivity index (χ4v) is 8.12. The number of phenolic OH excluding ortho intramolecular Hbond substituents is 1. The van der Waals surface area contributed by atoms with Crippen molar-refractivity contribution < 1.29 is 34.8 Å². The van der Waals surface area contributed by atoms with Gasteiger partial charge in [0.25, 0.3) is 0 Å². The SMILES string of the molecule is C=C(c1cc(C(C)C)c2c(c1O)C(=O)C1=C(O)[C@@]3(O)C(=O)C(C(C)=O)=C(O)C(C(C)C)C3CC1C2)C1CCCCC1. The molecule has 1 aromatic carbocycles. The first kappa shape index (κ1) is 29.3. The molecular weight excluding hydrogens is 520 g/mol. The molecule has 4 atom stereocenters. The van der Waals surface area contributed by atoms with Crippen molar-refractivity contribution in [3.63, 3.8) is 0 Å². The first-order valence-corrected chi connectivity index (χ1v) is 15.0. The molecule has 7 nitrogen and oxygen atoms in total. The number of rotatable bonds is 5. The van der Waals surface area contributed by atoms with Crippen LogP contribution in [0.1, 0.15) is 106 Å². The Morgan fingerprint density at radius 1 is 1.05 bits per heavy atom. The molecule has 0 saturated heterocycles. The molecule has 1 saturated carbocycles. The van der Waals surface area contributed by atoms with E-state index in [1.165, 1.54) is 6.42 Å². The first-order valence-electron chi connectivity index (χ1n) is 15.0. The smallest absolute Gasteiger partial charge is 0.209 e. The van der Waals surface area contributed by atoms with Gasteiger partial charge in [0.05, 0.1) is 5.56 Å². The number of aliphatic hydroxyl groups is 3. The average Bonchev–Trinajstić information content (AvgIpc) is 2.90. The third kappa shape index (κ3) is 4.22. The zero-order valence-electron chi connectivity index (χ0n) is 24.7. The van der Waals surface area contributed by atoms with Crippen LogP contribution in [0.4, 0.5) is 0 Å². The van der Waals surface area contributed by atoms with Crippen molar-refractivity contribution >= 4 is 22.9 Å². The second-order valence-corrected chi connectivity index (χ2v) is 13.2. The fourth-order valence-electron chi connectivity index (χ4n) is 8.12. The van der Waals surface area contributed by atoms with Gasteiger partial charge in [0.1, 0.15) is 22.8 Å². The summed E-state index contributed by atoms with van der Waals surface area (Å²) >= 11 is 0. The number of ketones is 3. The maximum atomic E-state index is 14.3. The number of carbonyl (C=O) groups excluding carboxylic acids is 3. The zero-order chi connectivity index (χ0) is 30.1. The molecule has 3 unspecified atom stereocenters. The first-order chi connectivity index (χ1) is 19.2. The number of allylic oxidation sites excluding steroid dienone is 3. The highest BCUT2D eigenvalue weighted by atomic mass is 16.3. The lowest BCUT2D eigenvalue weighted by molar-refractivity contribution is -0.149. The van der Waals surface area contributed by atoms with Crippen molar-refractivity contribution in [3.8, 4) is 5.75 Å². The second kappa shape index (κ2) is 10.3. The number of hydrogen-bond donors (Lipinski definition) is 4. The van der Waals surface area contributed by atoms with E-state index in [1.807, 2.05) is 33.8 Å². The molecule has 7 heteroatoms. The number of carbonyl (C=O) groups is 3. The van der Waals surface area contributed by atoms with E-state index in [0.29, 0.717) is 17.5 Å². The Morgan fingerprint density at radius 2 is 1.68 bits per heavy atom. The molecule has 4 aliphatic rings. The predicted octanol–water partition coefficient (Wildman–Crippen LogP) is 6.28. The van der Waals surface area contributed by atoms with Crippen LogP contribution in [-0.4, -0.2) is 43.4 Å². The monoisotopic (exact) mass is 562 g/mol. The minimum absolute atomic E-state index is 0.0412. The molecule has 0 heterocycles. The lowest BCUT2D eigenvalue weighted by atomic mass is 9.55. The lowest BCUT2D eigenvalue weighted by Crippen LogP contribution is -2.60. The van der Waals surface area contributed by atoms with Crippen LogP contribution in [0.3, 0.4) is 0 Å². The fraction of sp³-hybridized carbons (Fsp3) is 0.559. The Labute approximate surface area is 241 Å². The van der Waals surface area contributed by atoms with E-state index in [2.05, 4.69) is 6.58 Å². The highest BCUT2D eigenvalue weighted by molar-refractivity contribution is 6.25. The number of Topliss-reactive ketones (excluding diaryl/α,β-unsaturated/α-hetero) is 3. The second-order valence-electron chi connectivity index (χ2n) is 13.2. The van der Waals surface area contributed by atoms with Crippen molar-refractivity contribution in [2.75, 3.05) is 0 Å². The van der Waals surface area contributed by atoms with Gasteiger partial charge in [-0.2, -0.15) is 0 Å². The van der Waals surface area contributed by atoms with E-state index in [1.54, 1.807) is 0 Å². The third-order valence-corrected chi connectivity index (χ3v) is 10.2. The molecule has 1 aromatic rings. The Morgan fingerprint density at radius 3 is 2.24 bits per heavy atom. The van der Waals surface area contributed by atoms with Gasteiger partial charge in [0, 0.05) is 23.0 Å². The molecule has 0 aliphatic heterocycles. The summed E-state index contributed by atoms with van der Waals surface area (Å²) in [4.78, 5) is 40.3. The third-order valence-electron chi connectivity index (χ3n) is 10.2. The van der Waals surface area contributed by atoms with Crippen LogP contribution in [0.5, 0.6) is 5.75 Å². The van der Waals surface area contributed by atoms with E-state index in [9.17, 15) is 34.8 Å². The van der Waals surface area contributed by atoms with Crippen molar-refractivity contribution in [1.82, 2.24) is 0 Å². The quantitative estimate of drug-likeness (QED) is 0.310. The highest BCUT2D eigenvalue weighted by Gasteiger charge is 2.63. The number of hydrogen-bond acceptors (Lipinski definition) is 7. The number of aromatic hydroxyl groups is 1. The summed E-state index contributed by atoms with van der Waals surface area (Å²) in [7, 11) is 0. The Kier molecular flexibility index (Phi) is 7.34. The van der Waals surface area contributed by atoms with Gasteiger partial charge in [-0.15, -0.1) is 0 Å². The molecule has 0 bridgehead atoms. The van der Waals surface area contributed by atoms with Crippen molar-refractivity contribution in [3.05, 3.63) is 57.6 Å². The van der Waals surface area contributed by atoms with Crippen molar-refractivity contribution in [1.29, 1.82) is 0 Å². The van der Waals surface area contributed by atoms with E-state index in [-0.39, 0.29) is 46.8 Å². The lowest BCUT2D eigenvalue weighted by Gasteiger charge is -2.50. The minimum Gasteiger partial charge on any atom is -0.511 e. The summed E-state index contributed by atoms with van der Waals surface area (Å²) in [5, 5.41) is 46.2. The van der Waals surface area contributed by atoms with E-state index >= 15 is 0 Å². The molecule has 4 N–H and O–H groups in total. The van der Waals surface area contributed by atoms with Gasteiger partial charge >= 0.3 is 0 Å². The number of phenols is 1. The van der Waals surface area contributed by atoms with Crippen LogP contribution >= 0.6 is 0 Å². The highest BCUT2D eigenvalue weighted by Crippen LogP contribution is 2.56. The minimum atomic E-state index is -2.53. The van der Waals surface area contributed by atoms with Gasteiger partial charge < -0.3 is 20.4 Å². The summed E-state index contributed by atoms with van der Waals surface area (Å²) in [5.74, 6) is -5.96. The van der Waals surface area contributed by atoms with Crippen molar-refractivity contribution in [2.45, 2.75) is 91.1 Å². The van der Waals surface area contributed by atoms with Gasteiger partial charge in [-0.25, -0.2) is 0 Å². The number of fused-ring (bicyclic) bond motifs is 3. The molecule has 220 valence electrons. The van der Waals surface area contributed by atoms with Gasteiger partial charge in [-0.05, 0) is 79.0 Å². The molecule has 1 fully saturated rings. The Hall–Kier alpha value is -3.19. The normalized spacial score (nSPS) is 28.6. The van der Waals surface area contributed by atoms with Crippen LogP contribution in [-0.2, 0) is 16.0 Å². The van der Waals surface area contributed by atoms with Gasteiger partial charge in [0.15, 0.2) is 17.2 Å². The van der Waals surface area contributed by atoms with Gasteiger partial charge in [-0.3, -0.25) is 14.4 Å². The van der Waals surface area contributed by atoms with Crippen LogP contribution in [0.25, 0.3) is 5.57 Å².